The summed E-state index contributed by atoms with van der Waals surface area (Å²) in [6.45, 7) is 8.43. The predicted molar refractivity (Wildman–Crippen MR) is 138 cm³/mol. The molecule has 2 aromatic rings. The van der Waals surface area contributed by atoms with Gasteiger partial charge in [-0.05, 0) is 55.0 Å². The molecular weight excluding hydrogens is 430 g/mol. The molecule has 0 aliphatic carbocycles. The molecule has 0 fully saturated rings. The molecule has 2 aromatic carbocycles. The maximum atomic E-state index is 11.1. The highest BCUT2D eigenvalue weighted by atomic mass is 16.5. The predicted octanol–water partition coefficient (Wildman–Crippen LogP) is 5.20. The van der Waals surface area contributed by atoms with E-state index in [0.717, 1.165) is 29.7 Å². The third-order valence-electron chi connectivity index (χ3n) is 4.58. The van der Waals surface area contributed by atoms with Crippen LogP contribution in [0.4, 0.5) is 4.79 Å². The molecule has 6 heteroatoms. The average Bonchev–Trinajstić information content (AvgIpc) is 2.90. The Morgan fingerprint density at radius 2 is 1.71 bits per heavy atom. The number of hydrogen-bond acceptors (Lipinski definition) is 5. The number of benzene rings is 2. The van der Waals surface area contributed by atoms with Crippen LogP contribution in [0, 0.1) is 12.8 Å². The summed E-state index contributed by atoms with van der Waals surface area (Å²) < 4.78 is 20.7. The lowest BCUT2D eigenvalue weighted by molar-refractivity contribution is 0.0450. The third-order valence-corrected chi connectivity index (χ3v) is 4.58. The molecule has 2 rings (SSSR count). The van der Waals surface area contributed by atoms with Crippen LogP contribution in [-0.4, -0.2) is 46.7 Å². The molecule has 0 saturated carbocycles. The van der Waals surface area contributed by atoms with Gasteiger partial charge < -0.3 is 24.3 Å². The van der Waals surface area contributed by atoms with Gasteiger partial charge in [0.15, 0.2) is 0 Å². The Bertz CT molecular complexity index is 805. The van der Waals surface area contributed by atoms with Crippen molar-refractivity contribution in [1.29, 1.82) is 0 Å². The Balaban J connectivity index is 0.000000753. The van der Waals surface area contributed by atoms with E-state index in [2.05, 4.69) is 53.7 Å². The molecule has 0 atom stereocenters. The van der Waals surface area contributed by atoms with Gasteiger partial charge in [0, 0.05) is 13.2 Å². The second kappa shape index (κ2) is 21.6. The maximum absolute atomic E-state index is 11.1. The van der Waals surface area contributed by atoms with Crippen molar-refractivity contribution in [3.63, 3.8) is 0 Å². The number of carbonyl (C=O) groups excluding carboxylic acids is 1. The first-order chi connectivity index (χ1) is 16.6. The smallest absolute Gasteiger partial charge is 0.406 e. The van der Waals surface area contributed by atoms with E-state index < -0.39 is 6.09 Å². The van der Waals surface area contributed by atoms with Crippen molar-refractivity contribution < 1.29 is 23.7 Å². The molecule has 0 heterocycles. The zero-order chi connectivity index (χ0) is 25.4. The zero-order valence-corrected chi connectivity index (χ0v) is 20.8. The minimum atomic E-state index is -0.428. The highest BCUT2D eigenvalue weighted by Crippen LogP contribution is 2.19. The average molecular weight is 470 g/mol. The number of rotatable bonds is 13. The van der Waals surface area contributed by atoms with Crippen LogP contribution in [-0.2, 0) is 33.7 Å². The van der Waals surface area contributed by atoms with Gasteiger partial charge in [-0.25, -0.2) is 4.79 Å². The fourth-order valence-corrected chi connectivity index (χ4v) is 2.84. The fourth-order valence-electron chi connectivity index (χ4n) is 2.84. The lowest BCUT2D eigenvalue weighted by atomic mass is 10.0. The fraction of sp³-hybridized carbons (Fsp3) is 0.393. The lowest BCUT2D eigenvalue weighted by Gasteiger charge is -2.12. The summed E-state index contributed by atoms with van der Waals surface area (Å²) in [7, 11) is 2.98. The molecule has 0 aromatic heterocycles. The quantitative estimate of drug-likeness (QED) is 0.248. The van der Waals surface area contributed by atoms with Crippen molar-refractivity contribution in [2.75, 3.05) is 40.6 Å². The summed E-state index contributed by atoms with van der Waals surface area (Å²) in [6, 6.07) is 16.3. The van der Waals surface area contributed by atoms with Crippen LogP contribution >= 0.6 is 0 Å². The van der Waals surface area contributed by atoms with E-state index in [0.29, 0.717) is 39.4 Å². The summed E-state index contributed by atoms with van der Waals surface area (Å²) in [4.78, 5) is 11.1. The van der Waals surface area contributed by atoms with Crippen molar-refractivity contribution >= 4 is 6.09 Å². The monoisotopic (exact) mass is 469 g/mol. The van der Waals surface area contributed by atoms with E-state index in [-0.39, 0.29) is 0 Å². The van der Waals surface area contributed by atoms with Crippen LogP contribution in [0.15, 0.2) is 61.2 Å². The van der Waals surface area contributed by atoms with Gasteiger partial charge in [0.1, 0.15) is 5.75 Å². The number of nitrogens with one attached hydrogen (secondary N) is 1. The lowest BCUT2D eigenvalue weighted by Crippen LogP contribution is -2.25. The number of ether oxygens (including phenoxy) is 4. The van der Waals surface area contributed by atoms with Crippen LogP contribution in [0.5, 0.6) is 5.75 Å². The van der Waals surface area contributed by atoms with Gasteiger partial charge in [-0.1, -0.05) is 42.5 Å². The van der Waals surface area contributed by atoms with Crippen LogP contribution in [0.1, 0.15) is 30.0 Å². The van der Waals surface area contributed by atoms with E-state index in [9.17, 15) is 4.79 Å². The summed E-state index contributed by atoms with van der Waals surface area (Å²) in [5.41, 5.74) is 3.54. The maximum Gasteiger partial charge on any atom is 0.406 e. The number of terminal acetylenes is 1. The van der Waals surface area contributed by atoms with Gasteiger partial charge in [-0.3, -0.25) is 0 Å². The first kappa shape index (κ1) is 30.7. The molecule has 0 aliphatic heterocycles. The number of methoxy groups -OCH3 is 2. The van der Waals surface area contributed by atoms with Crippen molar-refractivity contribution in [2.45, 2.75) is 32.8 Å². The van der Waals surface area contributed by atoms with E-state index in [1.807, 2.05) is 37.3 Å². The first-order valence-corrected chi connectivity index (χ1v) is 11.3. The molecule has 0 spiro atoms. The van der Waals surface area contributed by atoms with Crippen molar-refractivity contribution in [1.82, 2.24) is 5.32 Å². The SMILES string of the molecule is C#C.C=CCCc1ccccc1.CCOCCOCc1cc(OC)ccc1CCNC(=O)OC. The Hall–Kier alpha value is -3.27. The molecular formula is C28H39NO5. The Kier molecular flexibility index (Phi) is 19.5. The largest absolute Gasteiger partial charge is 0.497 e. The van der Waals surface area contributed by atoms with E-state index in [1.165, 1.54) is 12.7 Å². The number of alkyl carbamates (subject to hydrolysis) is 1. The Morgan fingerprint density at radius 1 is 1.00 bits per heavy atom. The van der Waals surface area contributed by atoms with Crippen LogP contribution in [0.25, 0.3) is 0 Å². The van der Waals surface area contributed by atoms with Gasteiger partial charge in [0.05, 0.1) is 34.0 Å². The standard InChI is InChI=1S/C16H25NO5.C10H12.C2H2/c1-4-21-9-10-22-12-14-11-15(19-2)6-5-13(14)7-8-17-16(18)20-3;1-2-3-7-10-8-5-4-6-9-10;1-2/h5-6,11H,4,7-10,12H2,1-3H3,(H,17,18);2,4-6,8-9H,1,3,7H2;1-2H. The number of aryl methyl sites for hydroxylation is 1. The van der Waals surface area contributed by atoms with Gasteiger partial charge in [0.2, 0.25) is 0 Å². The Labute approximate surface area is 205 Å². The number of amides is 1. The molecule has 1 N–H and O–H groups in total. The van der Waals surface area contributed by atoms with Crippen molar-refractivity contribution in [2.24, 2.45) is 0 Å². The minimum Gasteiger partial charge on any atom is -0.497 e. The highest BCUT2D eigenvalue weighted by Gasteiger charge is 2.06. The van der Waals surface area contributed by atoms with E-state index in [1.54, 1.807) is 7.11 Å². The van der Waals surface area contributed by atoms with Gasteiger partial charge in [0.25, 0.3) is 0 Å². The second-order valence-electron chi connectivity index (χ2n) is 6.87. The second-order valence-corrected chi connectivity index (χ2v) is 6.87. The van der Waals surface area contributed by atoms with Crippen LogP contribution in [0.2, 0.25) is 0 Å². The van der Waals surface area contributed by atoms with E-state index in [4.69, 9.17) is 14.2 Å². The molecule has 0 radical (unpaired) electrons. The van der Waals surface area contributed by atoms with Crippen molar-refractivity contribution in [3.8, 4) is 18.6 Å². The van der Waals surface area contributed by atoms with Gasteiger partial charge in [-0.15, -0.1) is 19.4 Å². The zero-order valence-electron chi connectivity index (χ0n) is 20.8. The highest BCUT2D eigenvalue weighted by molar-refractivity contribution is 5.66. The van der Waals surface area contributed by atoms with Crippen molar-refractivity contribution in [3.05, 3.63) is 77.9 Å². The molecule has 34 heavy (non-hydrogen) atoms. The molecule has 0 saturated heterocycles. The molecule has 1 amide bonds. The molecule has 0 unspecified atom stereocenters. The summed E-state index contributed by atoms with van der Waals surface area (Å²) in [6.07, 6.45) is 12.4. The molecule has 186 valence electrons. The molecule has 0 aliphatic rings. The first-order valence-electron chi connectivity index (χ1n) is 11.3. The van der Waals surface area contributed by atoms with Gasteiger partial charge in [-0.2, -0.15) is 0 Å². The molecule has 0 bridgehead atoms. The van der Waals surface area contributed by atoms with Gasteiger partial charge >= 0.3 is 6.09 Å². The summed E-state index contributed by atoms with van der Waals surface area (Å²) in [5.74, 6) is 0.785. The Morgan fingerprint density at radius 3 is 2.32 bits per heavy atom. The third kappa shape index (κ3) is 14.7. The van der Waals surface area contributed by atoms with E-state index >= 15 is 0 Å². The topological polar surface area (TPSA) is 66.0 Å². The minimum absolute atomic E-state index is 0.428. The number of hydrogen-bond donors (Lipinski definition) is 1. The van der Waals surface area contributed by atoms with Crippen LogP contribution < -0.4 is 10.1 Å². The molecule has 6 nitrogen and oxygen atoms in total. The number of carbonyl (C=O) groups is 1. The number of allylic oxidation sites excluding steroid dienone is 1. The summed E-state index contributed by atoms with van der Waals surface area (Å²) >= 11 is 0. The summed E-state index contributed by atoms with van der Waals surface area (Å²) in [5, 5.41) is 2.67. The van der Waals surface area contributed by atoms with Crippen LogP contribution in [0.3, 0.4) is 0 Å². The normalized spacial score (nSPS) is 9.44.